The monoisotopic (exact) mass is 412 g/mol. The number of likely N-dealkylation sites (tertiary alicyclic amines) is 1. The van der Waals surface area contributed by atoms with Crippen LogP contribution in [0.3, 0.4) is 0 Å². The number of aliphatic hydroxyl groups is 1. The van der Waals surface area contributed by atoms with Gasteiger partial charge in [-0.05, 0) is 56.4 Å². The second kappa shape index (κ2) is 9.63. The maximum Gasteiger partial charge on any atom is 0.295 e. The van der Waals surface area contributed by atoms with Crippen molar-refractivity contribution in [3.8, 4) is 5.75 Å². The number of benzene rings is 1. The molecule has 1 fully saturated rings. The van der Waals surface area contributed by atoms with Crippen LogP contribution in [0.4, 0.5) is 0 Å². The molecule has 3 rings (SSSR count). The van der Waals surface area contributed by atoms with Crippen LogP contribution in [0.15, 0.2) is 52.7 Å². The molecule has 1 amide bonds. The third-order valence-corrected chi connectivity index (χ3v) is 5.34. The Morgan fingerprint density at radius 1 is 1.13 bits per heavy atom. The van der Waals surface area contributed by atoms with Crippen LogP contribution in [-0.4, -0.2) is 59.4 Å². The van der Waals surface area contributed by atoms with Gasteiger partial charge in [0.15, 0.2) is 0 Å². The summed E-state index contributed by atoms with van der Waals surface area (Å²) < 4.78 is 11.0. The number of hydrogen-bond donors (Lipinski definition) is 1. The SMILES string of the molecule is CCOc1ccc(C(O)=C2C(=O)C(=O)N(CCN(CC)CC)C2c2ccco2)cc1. The second-order valence-electron chi connectivity index (χ2n) is 6.99. The first-order chi connectivity index (χ1) is 14.5. The van der Waals surface area contributed by atoms with Crippen LogP contribution in [0.25, 0.3) is 5.76 Å². The van der Waals surface area contributed by atoms with E-state index >= 15 is 0 Å². The molecule has 0 aliphatic carbocycles. The molecule has 0 bridgehead atoms. The average molecular weight is 412 g/mol. The minimum absolute atomic E-state index is 0.0404. The molecule has 1 N–H and O–H groups in total. The number of aliphatic hydroxyl groups excluding tert-OH is 1. The first-order valence-electron chi connectivity index (χ1n) is 10.3. The number of rotatable bonds is 9. The predicted octanol–water partition coefficient (Wildman–Crippen LogP) is 3.44. The molecular weight excluding hydrogens is 384 g/mol. The molecule has 160 valence electrons. The number of nitrogens with zero attached hydrogens (tertiary/aromatic N) is 2. The zero-order valence-electron chi connectivity index (χ0n) is 17.6. The zero-order chi connectivity index (χ0) is 21.7. The lowest BCUT2D eigenvalue weighted by Crippen LogP contribution is -2.37. The predicted molar refractivity (Wildman–Crippen MR) is 113 cm³/mol. The normalized spacial score (nSPS) is 18.4. The van der Waals surface area contributed by atoms with Crippen LogP contribution in [0.5, 0.6) is 5.75 Å². The number of ether oxygens (including phenoxy) is 1. The Bertz CT molecular complexity index is 898. The molecule has 7 nitrogen and oxygen atoms in total. The van der Waals surface area contributed by atoms with Gasteiger partial charge in [-0.25, -0.2) is 0 Å². The van der Waals surface area contributed by atoms with Crippen molar-refractivity contribution in [3.63, 3.8) is 0 Å². The molecule has 0 spiro atoms. The number of furan rings is 1. The van der Waals surface area contributed by atoms with Crippen molar-refractivity contribution in [1.82, 2.24) is 9.80 Å². The Morgan fingerprint density at radius 3 is 2.40 bits per heavy atom. The van der Waals surface area contributed by atoms with Crippen LogP contribution in [0.2, 0.25) is 0 Å². The summed E-state index contributed by atoms with van der Waals surface area (Å²) in [7, 11) is 0. The van der Waals surface area contributed by atoms with Crippen LogP contribution >= 0.6 is 0 Å². The number of hydrogen-bond acceptors (Lipinski definition) is 6. The van der Waals surface area contributed by atoms with E-state index in [0.29, 0.717) is 36.8 Å². The molecule has 1 aromatic heterocycles. The van der Waals surface area contributed by atoms with Crippen molar-refractivity contribution in [1.29, 1.82) is 0 Å². The van der Waals surface area contributed by atoms with E-state index in [-0.39, 0.29) is 11.3 Å². The summed E-state index contributed by atoms with van der Waals surface area (Å²) in [4.78, 5) is 29.4. The highest BCUT2D eigenvalue weighted by Crippen LogP contribution is 2.39. The van der Waals surface area contributed by atoms with E-state index < -0.39 is 17.7 Å². The first kappa shape index (κ1) is 21.6. The molecule has 1 aromatic carbocycles. The van der Waals surface area contributed by atoms with Gasteiger partial charge in [0, 0.05) is 18.7 Å². The third kappa shape index (κ3) is 4.26. The quantitative estimate of drug-likeness (QED) is 0.386. The van der Waals surface area contributed by atoms with Crippen molar-refractivity contribution >= 4 is 17.4 Å². The molecule has 7 heteroatoms. The summed E-state index contributed by atoms with van der Waals surface area (Å²) in [5, 5.41) is 11.0. The van der Waals surface area contributed by atoms with Crippen LogP contribution in [0.1, 0.15) is 38.1 Å². The summed E-state index contributed by atoms with van der Waals surface area (Å²) in [5.74, 6) is -0.445. The fraction of sp³-hybridized carbons (Fsp3) is 0.391. The van der Waals surface area contributed by atoms with E-state index in [0.717, 1.165) is 13.1 Å². The van der Waals surface area contributed by atoms with Crippen molar-refractivity contribution in [2.45, 2.75) is 26.8 Å². The number of amides is 1. The van der Waals surface area contributed by atoms with E-state index in [9.17, 15) is 14.7 Å². The standard InChI is InChI=1S/C23H28N2O5/c1-4-24(5-2)13-14-25-20(18-8-7-15-30-18)19(22(27)23(25)28)21(26)16-9-11-17(12-10-16)29-6-3/h7-12,15,20,26H,4-6,13-14H2,1-3H3. The molecular formula is C23H28N2O5. The topological polar surface area (TPSA) is 83.2 Å². The first-order valence-corrected chi connectivity index (χ1v) is 10.3. The highest BCUT2D eigenvalue weighted by atomic mass is 16.5. The van der Waals surface area contributed by atoms with Gasteiger partial charge in [-0.3, -0.25) is 9.59 Å². The van der Waals surface area contributed by atoms with E-state index in [1.807, 2.05) is 20.8 Å². The maximum absolute atomic E-state index is 12.9. The largest absolute Gasteiger partial charge is 0.507 e. The molecule has 1 saturated heterocycles. The Balaban J connectivity index is 1.99. The number of Topliss-reactive ketones (excluding diaryl/α,β-unsaturated/α-hetero) is 1. The second-order valence-corrected chi connectivity index (χ2v) is 6.99. The third-order valence-electron chi connectivity index (χ3n) is 5.34. The van der Waals surface area contributed by atoms with Crippen LogP contribution in [-0.2, 0) is 9.59 Å². The van der Waals surface area contributed by atoms with Crippen molar-refractivity contribution in [2.75, 3.05) is 32.8 Å². The van der Waals surface area contributed by atoms with E-state index in [4.69, 9.17) is 9.15 Å². The summed E-state index contributed by atoms with van der Waals surface area (Å²) in [5.41, 5.74) is 0.482. The summed E-state index contributed by atoms with van der Waals surface area (Å²) in [6, 6.07) is 9.44. The van der Waals surface area contributed by atoms with Crippen LogP contribution in [0, 0.1) is 0 Å². The zero-order valence-corrected chi connectivity index (χ0v) is 17.6. The molecule has 0 saturated carbocycles. The van der Waals surface area contributed by atoms with E-state index in [1.54, 1.807) is 36.4 Å². The average Bonchev–Trinajstić information content (AvgIpc) is 3.37. The summed E-state index contributed by atoms with van der Waals surface area (Å²) in [6.07, 6.45) is 1.50. The van der Waals surface area contributed by atoms with Gasteiger partial charge in [0.2, 0.25) is 0 Å². The van der Waals surface area contributed by atoms with Gasteiger partial charge in [-0.2, -0.15) is 0 Å². The maximum atomic E-state index is 12.9. The highest BCUT2D eigenvalue weighted by molar-refractivity contribution is 6.46. The van der Waals surface area contributed by atoms with Gasteiger partial charge in [0.05, 0.1) is 18.4 Å². The van der Waals surface area contributed by atoms with Gasteiger partial charge in [0.1, 0.15) is 23.3 Å². The van der Waals surface area contributed by atoms with Crippen LogP contribution < -0.4 is 4.74 Å². The Kier molecular flexibility index (Phi) is 6.95. The molecule has 2 heterocycles. The fourth-order valence-corrected chi connectivity index (χ4v) is 3.67. The fourth-order valence-electron chi connectivity index (χ4n) is 3.67. The van der Waals surface area contributed by atoms with Gasteiger partial charge in [-0.1, -0.05) is 13.8 Å². The molecule has 2 aromatic rings. The van der Waals surface area contributed by atoms with Gasteiger partial charge in [0.25, 0.3) is 11.7 Å². The number of carbonyl (C=O) groups is 2. The van der Waals surface area contributed by atoms with Gasteiger partial charge >= 0.3 is 0 Å². The molecule has 1 aliphatic rings. The van der Waals surface area contributed by atoms with Gasteiger partial charge < -0.3 is 24.1 Å². The van der Waals surface area contributed by atoms with E-state index in [2.05, 4.69) is 4.90 Å². The number of likely N-dealkylation sites (N-methyl/N-ethyl adjacent to an activating group) is 1. The Hall–Kier alpha value is -3.06. The molecule has 1 aliphatic heterocycles. The lowest BCUT2D eigenvalue weighted by Gasteiger charge is -2.26. The lowest BCUT2D eigenvalue weighted by molar-refractivity contribution is -0.140. The minimum atomic E-state index is -0.762. The molecule has 1 atom stereocenters. The molecule has 1 unspecified atom stereocenters. The lowest BCUT2D eigenvalue weighted by atomic mass is 9.99. The highest BCUT2D eigenvalue weighted by Gasteiger charge is 2.47. The number of ketones is 1. The molecule has 0 radical (unpaired) electrons. The smallest absolute Gasteiger partial charge is 0.295 e. The Morgan fingerprint density at radius 2 is 1.83 bits per heavy atom. The summed E-state index contributed by atoms with van der Waals surface area (Å²) in [6.45, 7) is 9.19. The van der Waals surface area contributed by atoms with Gasteiger partial charge in [-0.15, -0.1) is 0 Å². The van der Waals surface area contributed by atoms with E-state index in [1.165, 1.54) is 11.2 Å². The summed E-state index contributed by atoms with van der Waals surface area (Å²) >= 11 is 0. The molecule has 30 heavy (non-hydrogen) atoms. The van der Waals surface area contributed by atoms with Crippen molar-refractivity contribution < 1.29 is 23.8 Å². The minimum Gasteiger partial charge on any atom is -0.507 e. The Labute approximate surface area is 176 Å². The number of carbonyl (C=O) groups excluding carboxylic acids is 2. The van der Waals surface area contributed by atoms with Crippen molar-refractivity contribution in [3.05, 3.63) is 59.6 Å². The van der Waals surface area contributed by atoms with Crippen molar-refractivity contribution in [2.24, 2.45) is 0 Å².